The van der Waals surface area contributed by atoms with E-state index in [1.165, 1.54) is 11.8 Å². The molecule has 1 amide bonds. The third-order valence-corrected chi connectivity index (χ3v) is 5.20. The zero-order valence-electron chi connectivity index (χ0n) is 15.5. The number of ether oxygens (including phenoxy) is 2. The summed E-state index contributed by atoms with van der Waals surface area (Å²) >= 11 is 7.41. The highest BCUT2D eigenvalue weighted by atomic mass is 35.5. The number of hydrogen-bond donors (Lipinski definition) is 1. The molecule has 2 aromatic rings. The molecule has 7 heteroatoms. The number of nitrogens with one attached hydrogen (secondary N) is 1. The predicted molar refractivity (Wildman–Crippen MR) is 116 cm³/mol. The normalized spacial score (nSPS) is 16.3. The van der Waals surface area contributed by atoms with Crippen LogP contribution in [0.25, 0.3) is 6.08 Å². The standard InChI is InChI=1S/C21H19ClN2O3S/c1-4-9-27-17-8-6-14(10-18(17)26-3)11-19-20(25)24-21(28-19)23-15-7-5-13(2)16(22)12-15/h4-8,10-12H,1,9H2,2-3H3,(H,23,24,25). The number of aryl methyl sites for hydroxylation is 1. The first-order valence-corrected chi connectivity index (χ1v) is 9.67. The number of halogens is 1. The zero-order valence-corrected chi connectivity index (χ0v) is 17.1. The molecule has 0 saturated carbocycles. The van der Waals surface area contributed by atoms with E-state index in [2.05, 4.69) is 16.9 Å². The van der Waals surface area contributed by atoms with Crippen molar-refractivity contribution in [2.24, 2.45) is 4.99 Å². The van der Waals surface area contributed by atoms with Crippen LogP contribution in [-0.2, 0) is 4.79 Å². The summed E-state index contributed by atoms with van der Waals surface area (Å²) in [6.45, 7) is 5.94. The van der Waals surface area contributed by atoms with Gasteiger partial charge in [0.2, 0.25) is 0 Å². The SMILES string of the molecule is C=CCOc1ccc(C=C2SC(=Nc3ccc(C)c(Cl)c3)NC2=O)cc1OC. The number of rotatable bonds is 6. The highest BCUT2D eigenvalue weighted by molar-refractivity contribution is 8.18. The lowest BCUT2D eigenvalue weighted by molar-refractivity contribution is -0.115. The van der Waals surface area contributed by atoms with Gasteiger partial charge >= 0.3 is 0 Å². The third kappa shape index (κ3) is 4.77. The van der Waals surface area contributed by atoms with Gasteiger partial charge in [0.15, 0.2) is 16.7 Å². The molecule has 0 aliphatic carbocycles. The molecule has 0 aromatic heterocycles. The van der Waals surface area contributed by atoms with Gasteiger partial charge in [0.05, 0.1) is 17.7 Å². The van der Waals surface area contributed by atoms with E-state index >= 15 is 0 Å². The molecule has 1 saturated heterocycles. The van der Waals surface area contributed by atoms with Crippen molar-refractivity contribution in [1.82, 2.24) is 5.32 Å². The fourth-order valence-electron chi connectivity index (χ4n) is 2.44. The number of hydrogen-bond acceptors (Lipinski definition) is 5. The minimum Gasteiger partial charge on any atom is -0.493 e. The maximum absolute atomic E-state index is 12.3. The van der Waals surface area contributed by atoms with Crippen molar-refractivity contribution < 1.29 is 14.3 Å². The van der Waals surface area contributed by atoms with E-state index < -0.39 is 0 Å². The molecular formula is C21H19ClN2O3S. The minimum atomic E-state index is -0.201. The topological polar surface area (TPSA) is 59.9 Å². The molecule has 0 unspecified atom stereocenters. The van der Waals surface area contributed by atoms with E-state index in [1.54, 1.807) is 31.4 Å². The van der Waals surface area contributed by atoms with Gasteiger partial charge in [0.25, 0.3) is 5.91 Å². The minimum absolute atomic E-state index is 0.201. The lowest BCUT2D eigenvalue weighted by Gasteiger charge is -2.09. The summed E-state index contributed by atoms with van der Waals surface area (Å²) in [5, 5.41) is 3.92. The monoisotopic (exact) mass is 414 g/mol. The van der Waals surface area contributed by atoms with E-state index in [0.29, 0.717) is 38.9 Å². The third-order valence-electron chi connectivity index (χ3n) is 3.88. The fraction of sp³-hybridized carbons (Fsp3) is 0.143. The second-order valence-corrected chi connectivity index (χ2v) is 7.36. The van der Waals surface area contributed by atoms with Crippen LogP contribution >= 0.6 is 23.4 Å². The maximum Gasteiger partial charge on any atom is 0.264 e. The molecule has 0 atom stereocenters. The van der Waals surface area contributed by atoms with E-state index in [1.807, 2.05) is 31.2 Å². The summed E-state index contributed by atoms with van der Waals surface area (Å²) in [6.07, 6.45) is 3.45. The molecule has 1 aliphatic rings. The highest BCUT2D eigenvalue weighted by Gasteiger charge is 2.24. The van der Waals surface area contributed by atoms with Crippen LogP contribution in [0.1, 0.15) is 11.1 Å². The van der Waals surface area contributed by atoms with Gasteiger partial charge in [-0.25, -0.2) is 4.99 Å². The average Bonchev–Trinajstić information content (AvgIpc) is 3.02. The largest absolute Gasteiger partial charge is 0.493 e. The Bertz CT molecular complexity index is 986. The molecule has 1 aliphatic heterocycles. The van der Waals surface area contributed by atoms with Gasteiger partial charge in [-0.2, -0.15) is 0 Å². The van der Waals surface area contributed by atoms with Gasteiger partial charge in [0.1, 0.15) is 6.61 Å². The number of methoxy groups -OCH3 is 1. The van der Waals surface area contributed by atoms with Crippen molar-refractivity contribution in [3.05, 3.63) is 70.1 Å². The summed E-state index contributed by atoms with van der Waals surface area (Å²) in [7, 11) is 1.57. The molecule has 2 aromatic carbocycles. The summed E-state index contributed by atoms with van der Waals surface area (Å²) < 4.78 is 10.9. The second kappa shape index (κ2) is 8.99. The van der Waals surface area contributed by atoms with Gasteiger partial charge in [-0.3, -0.25) is 4.79 Å². The van der Waals surface area contributed by atoms with Crippen LogP contribution in [0.5, 0.6) is 11.5 Å². The molecule has 0 radical (unpaired) electrons. The number of carbonyl (C=O) groups is 1. The Labute approximate surface area is 173 Å². The first-order valence-electron chi connectivity index (χ1n) is 8.47. The quantitative estimate of drug-likeness (QED) is 0.526. The first-order chi connectivity index (χ1) is 13.5. The maximum atomic E-state index is 12.3. The number of nitrogens with zero attached hydrogens (tertiary/aromatic N) is 1. The number of thioether (sulfide) groups is 1. The van der Waals surface area contributed by atoms with E-state index in [-0.39, 0.29) is 5.91 Å². The second-order valence-electron chi connectivity index (χ2n) is 5.93. The number of amidine groups is 1. The Morgan fingerprint density at radius 3 is 2.79 bits per heavy atom. The summed E-state index contributed by atoms with van der Waals surface area (Å²) in [6, 6.07) is 11.0. The van der Waals surface area contributed by atoms with Crippen LogP contribution in [0.2, 0.25) is 5.02 Å². The Kier molecular flexibility index (Phi) is 6.44. The number of carbonyl (C=O) groups excluding carboxylic acids is 1. The molecular weight excluding hydrogens is 396 g/mol. The Morgan fingerprint density at radius 1 is 1.25 bits per heavy atom. The van der Waals surface area contributed by atoms with Crippen molar-refractivity contribution in [2.75, 3.05) is 13.7 Å². The lowest BCUT2D eigenvalue weighted by Crippen LogP contribution is -2.19. The van der Waals surface area contributed by atoms with Gasteiger partial charge in [-0.1, -0.05) is 36.4 Å². The van der Waals surface area contributed by atoms with Crippen molar-refractivity contribution in [1.29, 1.82) is 0 Å². The van der Waals surface area contributed by atoms with Crippen molar-refractivity contribution >= 4 is 46.2 Å². The van der Waals surface area contributed by atoms with Crippen LogP contribution in [0.4, 0.5) is 5.69 Å². The van der Waals surface area contributed by atoms with Crippen LogP contribution in [0.3, 0.4) is 0 Å². The van der Waals surface area contributed by atoms with Gasteiger partial charge in [-0.15, -0.1) is 0 Å². The van der Waals surface area contributed by atoms with Crippen LogP contribution in [-0.4, -0.2) is 24.8 Å². The first kappa shape index (κ1) is 20.0. The van der Waals surface area contributed by atoms with E-state index in [9.17, 15) is 4.79 Å². The lowest BCUT2D eigenvalue weighted by atomic mass is 10.2. The van der Waals surface area contributed by atoms with Gasteiger partial charge < -0.3 is 14.8 Å². The highest BCUT2D eigenvalue weighted by Crippen LogP contribution is 2.32. The fourth-order valence-corrected chi connectivity index (χ4v) is 3.46. The zero-order chi connectivity index (χ0) is 20.1. The van der Waals surface area contributed by atoms with E-state index in [4.69, 9.17) is 21.1 Å². The van der Waals surface area contributed by atoms with Crippen LogP contribution in [0.15, 0.2) is 59.0 Å². The molecule has 144 valence electrons. The van der Waals surface area contributed by atoms with Gasteiger partial charge in [0, 0.05) is 5.02 Å². The Morgan fingerprint density at radius 2 is 2.07 bits per heavy atom. The molecule has 28 heavy (non-hydrogen) atoms. The Balaban J connectivity index is 1.81. The molecule has 5 nitrogen and oxygen atoms in total. The molecule has 0 bridgehead atoms. The van der Waals surface area contributed by atoms with E-state index in [0.717, 1.165) is 11.1 Å². The smallest absolute Gasteiger partial charge is 0.264 e. The Hall–Kier alpha value is -2.70. The molecule has 3 rings (SSSR count). The summed E-state index contributed by atoms with van der Waals surface area (Å²) in [5.74, 6) is 1.00. The van der Waals surface area contributed by atoms with Crippen LogP contribution in [0, 0.1) is 6.92 Å². The van der Waals surface area contributed by atoms with Crippen molar-refractivity contribution in [2.45, 2.75) is 6.92 Å². The number of benzene rings is 2. The number of aliphatic imine (C=N–C) groups is 1. The molecule has 1 heterocycles. The number of amides is 1. The van der Waals surface area contributed by atoms with Crippen molar-refractivity contribution in [3.8, 4) is 11.5 Å². The predicted octanol–water partition coefficient (Wildman–Crippen LogP) is 5.11. The van der Waals surface area contributed by atoms with Crippen molar-refractivity contribution in [3.63, 3.8) is 0 Å². The summed E-state index contributed by atoms with van der Waals surface area (Å²) in [4.78, 5) is 17.3. The van der Waals surface area contributed by atoms with Crippen LogP contribution < -0.4 is 14.8 Å². The van der Waals surface area contributed by atoms with Gasteiger partial charge in [-0.05, 0) is 60.2 Å². The summed E-state index contributed by atoms with van der Waals surface area (Å²) in [5.41, 5.74) is 2.48. The molecule has 1 fully saturated rings. The molecule has 1 N–H and O–H groups in total. The molecule has 0 spiro atoms. The average molecular weight is 415 g/mol.